The van der Waals surface area contributed by atoms with Gasteiger partial charge in [-0.05, 0) is 6.92 Å². The van der Waals surface area contributed by atoms with E-state index in [-0.39, 0.29) is 12.1 Å². The first kappa shape index (κ1) is 15.8. The molecule has 9 heteroatoms. The van der Waals surface area contributed by atoms with Gasteiger partial charge in [-0.15, -0.1) is 11.3 Å². The van der Waals surface area contributed by atoms with Crippen molar-refractivity contribution in [1.82, 2.24) is 10.3 Å². The third-order valence-corrected chi connectivity index (χ3v) is 4.18. The fourth-order valence-electron chi connectivity index (χ4n) is 1.57. The van der Waals surface area contributed by atoms with Crippen LogP contribution in [0.4, 0.5) is 18.3 Å². The average molecular weight is 335 g/mol. The van der Waals surface area contributed by atoms with Crippen molar-refractivity contribution in [3.63, 3.8) is 0 Å². The summed E-state index contributed by atoms with van der Waals surface area (Å²) in [6.07, 6.45) is -4.51. The van der Waals surface area contributed by atoms with Gasteiger partial charge in [0.15, 0.2) is 5.13 Å². The second-order valence-electron chi connectivity index (χ2n) is 4.17. The lowest BCUT2D eigenvalue weighted by molar-refractivity contribution is -0.137. The summed E-state index contributed by atoms with van der Waals surface area (Å²) in [6.45, 7) is 2.47. The van der Waals surface area contributed by atoms with Crippen molar-refractivity contribution in [2.75, 3.05) is 18.4 Å². The van der Waals surface area contributed by atoms with Crippen molar-refractivity contribution in [1.29, 1.82) is 0 Å². The third kappa shape index (κ3) is 4.18. The molecule has 2 heterocycles. The number of thiazole rings is 1. The largest absolute Gasteiger partial charge is 0.417 e. The predicted octanol–water partition coefficient (Wildman–Crippen LogP) is 3.37. The summed E-state index contributed by atoms with van der Waals surface area (Å²) in [7, 11) is 0. The maximum absolute atomic E-state index is 12.7. The molecule has 0 spiro atoms. The van der Waals surface area contributed by atoms with Crippen LogP contribution in [0, 0.1) is 6.92 Å². The van der Waals surface area contributed by atoms with Crippen LogP contribution in [-0.2, 0) is 6.18 Å². The molecule has 0 saturated carbocycles. The molecule has 0 aliphatic carbocycles. The Hall–Kier alpha value is -1.61. The number of anilines is 1. The Morgan fingerprint density at radius 3 is 2.67 bits per heavy atom. The Balaban J connectivity index is 1.84. The molecule has 0 aliphatic rings. The maximum Gasteiger partial charge on any atom is 0.417 e. The average Bonchev–Trinajstić information content (AvgIpc) is 3.02. The van der Waals surface area contributed by atoms with E-state index in [0.717, 1.165) is 22.4 Å². The van der Waals surface area contributed by atoms with Gasteiger partial charge in [-0.1, -0.05) is 0 Å². The molecule has 21 heavy (non-hydrogen) atoms. The Labute approximate surface area is 127 Å². The number of nitrogens with zero attached hydrogens (tertiary/aromatic N) is 1. The zero-order valence-corrected chi connectivity index (χ0v) is 12.6. The summed E-state index contributed by atoms with van der Waals surface area (Å²) >= 11 is 2.29. The number of rotatable bonds is 5. The van der Waals surface area contributed by atoms with Gasteiger partial charge in [0.2, 0.25) is 0 Å². The molecule has 0 radical (unpaired) electrons. The van der Waals surface area contributed by atoms with E-state index >= 15 is 0 Å². The van der Waals surface area contributed by atoms with Crippen LogP contribution in [-0.4, -0.2) is 24.0 Å². The lowest BCUT2D eigenvalue weighted by Crippen LogP contribution is -2.29. The zero-order valence-electron chi connectivity index (χ0n) is 11.0. The summed E-state index contributed by atoms with van der Waals surface area (Å²) in [5.41, 5.74) is -0.342. The van der Waals surface area contributed by atoms with Crippen molar-refractivity contribution in [2.45, 2.75) is 13.1 Å². The highest BCUT2D eigenvalue weighted by molar-refractivity contribution is 7.13. The fourth-order valence-corrected chi connectivity index (χ4v) is 3.12. The van der Waals surface area contributed by atoms with Crippen LogP contribution in [0.5, 0.6) is 0 Å². The van der Waals surface area contributed by atoms with E-state index in [1.54, 1.807) is 0 Å². The Morgan fingerprint density at radius 1 is 1.29 bits per heavy atom. The van der Waals surface area contributed by atoms with E-state index in [4.69, 9.17) is 0 Å². The molecule has 0 aromatic carbocycles. The number of amides is 1. The molecule has 2 aromatic rings. The minimum Gasteiger partial charge on any atom is -0.360 e. The SMILES string of the molecule is Cc1csc(NCCNC(=O)c2cscc2C(F)(F)F)n1. The highest BCUT2D eigenvalue weighted by Crippen LogP contribution is 2.34. The minimum atomic E-state index is -4.51. The minimum absolute atomic E-state index is 0.213. The van der Waals surface area contributed by atoms with Crippen molar-refractivity contribution < 1.29 is 18.0 Å². The summed E-state index contributed by atoms with van der Waals surface area (Å²) in [5.74, 6) is -0.722. The number of aromatic nitrogens is 1. The zero-order chi connectivity index (χ0) is 15.5. The van der Waals surface area contributed by atoms with E-state index in [1.807, 2.05) is 12.3 Å². The maximum atomic E-state index is 12.7. The highest BCUT2D eigenvalue weighted by Gasteiger charge is 2.35. The monoisotopic (exact) mass is 335 g/mol. The smallest absolute Gasteiger partial charge is 0.360 e. The number of hydrogen-bond donors (Lipinski definition) is 2. The van der Waals surface area contributed by atoms with Crippen LogP contribution in [0.15, 0.2) is 16.1 Å². The van der Waals surface area contributed by atoms with Crippen LogP contribution in [0.2, 0.25) is 0 Å². The van der Waals surface area contributed by atoms with Crippen molar-refractivity contribution in [3.05, 3.63) is 33.0 Å². The van der Waals surface area contributed by atoms with Gasteiger partial charge in [0.1, 0.15) is 0 Å². The lowest BCUT2D eigenvalue weighted by atomic mass is 10.2. The van der Waals surface area contributed by atoms with E-state index in [2.05, 4.69) is 15.6 Å². The van der Waals surface area contributed by atoms with Gasteiger partial charge in [0.25, 0.3) is 5.91 Å². The number of aryl methyl sites for hydroxylation is 1. The van der Waals surface area contributed by atoms with E-state index in [0.29, 0.717) is 11.7 Å². The lowest BCUT2D eigenvalue weighted by Gasteiger charge is -2.09. The summed E-state index contributed by atoms with van der Waals surface area (Å²) in [6, 6.07) is 0. The van der Waals surface area contributed by atoms with Gasteiger partial charge in [-0.3, -0.25) is 4.79 Å². The van der Waals surface area contributed by atoms with Crippen molar-refractivity contribution >= 4 is 33.7 Å². The van der Waals surface area contributed by atoms with Crippen molar-refractivity contribution in [2.24, 2.45) is 0 Å². The van der Waals surface area contributed by atoms with E-state index < -0.39 is 17.6 Å². The van der Waals surface area contributed by atoms with Gasteiger partial charge >= 0.3 is 6.18 Å². The molecule has 0 unspecified atom stereocenters. The first-order chi connectivity index (χ1) is 9.88. The van der Waals surface area contributed by atoms with Gasteiger partial charge in [-0.2, -0.15) is 24.5 Å². The fraction of sp³-hybridized carbons (Fsp3) is 0.333. The molecule has 2 N–H and O–H groups in total. The molecular formula is C12H12F3N3OS2. The van der Waals surface area contributed by atoms with Crippen LogP contribution in [0.3, 0.4) is 0 Å². The molecule has 2 rings (SSSR count). The normalized spacial score (nSPS) is 11.4. The number of alkyl halides is 3. The van der Waals surface area contributed by atoms with Gasteiger partial charge in [0, 0.05) is 29.2 Å². The number of halogens is 3. The third-order valence-electron chi connectivity index (χ3n) is 2.52. The number of thiophene rings is 1. The topological polar surface area (TPSA) is 54.0 Å². The van der Waals surface area contributed by atoms with Gasteiger partial charge in [0.05, 0.1) is 16.8 Å². The highest BCUT2D eigenvalue weighted by atomic mass is 32.1. The number of nitrogens with one attached hydrogen (secondary N) is 2. The second kappa shape index (κ2) is 6.44. The van der Waals surface area contributed by atoms with Gasteiger partial charge in [-0.25, -0.2) is 4.98 Å². The van der Waals surface area contributed by atoms with Crippen LogP contribution in [0.1, 0.15) is 21.6 Å². The molecule has 2 aromatic heterocycles. The molecule has 0 saturated heterocycles. The molecule has 4 nitrogen and oxygen atoms in total. The standard InChI is InChI=1S/C12H12F3N3OS2/c1-7-4-21-11(18-7)17-3-2-16-10(19)8-5-20-6-9(8)12(13,14)15/h4-6H,2-3H2,1H3,(H,16,19)(H,17,18). The summed E-state index contributed by atoms with van der Waals surface area (Å²) in [4.78, 5) is 15.9. The first-order valence-electron chi connectivity index (χ1n) is 5.95. The molecular weight excluding hydrogens is 323 g/mol. The van der Waals surface area contributed by atoms with Crippen molar-refractivity contribution in [3.8, 4) is 0 Å². The Bertz CT molecular complexity index is 621. The Morgan fingerprint density at radius 2 is 2.05 bits per heavy atom. The van der Waals surface area contributed by atoms with E-state index in [9.17, 15) is 18.0 Å². The number of carbonyl (C=O) groups is 1. The van der Waals surface area contributed by atoms with E-state index in [1.165, 1.54) is 16.7 Å². The molecule has 0 atom stereocenters. The number of hydrogen-bond acceptors (Lipinski definition) is 5. The quantitative estimate of drug-likeness (QED) is 0.824. The molecule has 0 bridgehead atoms. The predicted molar refractivity (Wildman–Crippen MR) is 77.0 cm³/mol. The molecule has 0 fully saturated rings. The Kier molecular flexibility index (Phi) is 4.84. The second-order valence-corrected chi connectivity index (χ2v) is 5.78. The molecule has 114 valence electrons. The van der Waals surface area contributed by atoms with Crippen LogP contribution >= 0.6 is 22.7 Å². The summed E-state index contributed by atoms with van der Waals surface area (Å²) < 4.78 is 38.0. The number of carbonyl (C=O) groups excluding carboxylic acids is 1. The van der Waals surface area contributed by atoms with Gasteiger partial charge < -0.3 is 10.6 Å². The van der Waals surface area contributed by atoms with Crippen LogP contribution < -0.4 is 10.6 Å². The molecule has 0 aliphatic heterocycles. The first-order valence-corrected chi connectivity index (χ1v) is 7.78. The molecule has 1 amide bonds. The summed E-state index contributed by atoms with van der Waals surface area (Å²) in [5, 5.41) is 10.2. The van der Waals surface area contributed by atoms with Crippen LogP contribution in [0.25, 0.3) is 0 Å².